The van der Waals surface area contributed by atoms with Gasteiger partial charge in [0.2, 0.25) is 0 Å². The quantitative estimate of drug-likeness (QED) is 0.774. The van der Waals surface area contributed by atoms with Crippen LogP contribution >= 0.6 is 0 Å². The maximum absolute atomic E-state index is 6.04. The average molecular weight is 309 g/mol. The molecule has 1 fully saturated rings. The van der Waals surface area contributed by atoms with Crippen molar-refractivity contribution in [3.05, 3.63) is 42.9 Å². The minimum absolute atomic E-state index is 0.301. The standard InChI is InChI=1S/C17H19N5O/c1-2-4-13(5-3-1)23-14-8-6-12(7-9-14)21-16-15-10-20-22-17(15)19-11-18-16/h1-5,10-12,14H,6-9H2,(H2,18,19,20,21,22)/t12-,14+. The first-order chi connectivity index (χ1) is 11.4. The lowest BCUT2D eigenvalue weighted by Crippen LogP contribution is -2.31. The Bertz CT molecular complexity index is 765. The highest BCUT2D eigenvalue weighted by atomic mass is 16.5. The summed E-state index contributed by atoms with van der Waals surface area (Å²) in [6.45, 7) is 0. The third-order valence-electron chi connectivity index (χ3n) is 4.31. The largest absolute Gasteiger partial charge is 0.490 e. The van der Waals surface area contributed by atoms with Crippen molar-refractivity contribution in [1.29, 1.82) is 0 Å². The molecule has 0 aliphatic heterocycles. The van der Waals surface area contributed by atoms with E-state index in [9.17, 15) is 0 Å². The zero-order chi connectivity index (χ0) is 15.5. The van der Waals surface area contributed by atoms with Gasteiger partial charge < -0.3 is 10.1 Å². The van der Waals surface area contributed by atoms with Crippen molar-refractivity contribution >= 4 is 16.9 Å². The van der Waals surface area contributed by atoms with Crippen LogP contribution in [0.3, 0.4) is 0 Å². The molecule has 0 radical (unpaired) electrons. The number of rotatable bonds is 4. The summed E-state index contributed by atoms with van der Waals surface area (Å²) < 4.78 is 6.04. The van der Waals surface area contributed by atoms with Crippen molar-refractivity contribution in [3.63, 3.8) is 0 Å². The fourth-order valence-corrected chi connectivity index (χ4v) is 3.09. The van der Waals surface area contributed by atoms with Crippen LogP contribution in [0, 0.1) is 0 Å². The normalized spacial score (nSPS) is 21.2. The Hall–Kier alpha value is -2.63. The van der Waals surface area contributed by atoms with Crippen molar-refractivity contribution in [2.45, 2.75) is 37.8 Å². The number of anilines is 1. The Morgan fingerprint density at radius 2 is 1.87 bits per heavy atom. The van der Waals surface area contributed by atoms with Gasteiger partial charge in [0.15, 0.2) is 5.65 Å². The molecule has 0 unspecified atom stereocenters. The van der Waals surface area contributed by atoms with Crippen molar-refractivity contribution in [2.24, 2.45) is 0 Å². The van der Waals surface area contributed by atoms with Crippen LogP contribution in [-0.2, 0) is 0 Å². The van der Waals surface area contributed by atoms with Crippen LogP contribution in [0.1, 0.15) is 25.7 Å². The van der Waals surface area contributed by atoms with Gasteiger partial charge in [0.05, 0.1) is 17.7 Å². The summed E-state index contributed by atoms with van der Waals surface area (Å²) in [6.07, 6.45) is 7.87. The summed E-state index contributed by atoms with van der Waals surface area (Å²) >= 11 is 0. The number of aromatic nitrogens is 4. The van der Waals surface area contributed by atoms with Gasteiger partial charge in [0.25, 0.3) is 0 Å². The highest BCUT2D eigenvalue weighted by Gasteiger charge is 2.23. The van der Waals surface area contributed by atoms with Crippen LogP contribution in [0.25, 0.3) is 11.0 Å². The zero-order valence-electron chi connectivity index (χ0n) is 12.8. The van der Waals surface area contributed by atoms with Gasteiger partial charge in [-0.1, -0.05) is 18.2 Å². The summed E-state index contributed by atoms with van der Waals surface area (Å²) in [5, 5.41) is 11.4. The second-order valence-corrected chi connectivity index (χ2v) is 5.90. The first-order valence-corrected chi connectivity index (χ1v) is 8.01. The molecule has 4 rings (SSSR count). The van der Waals surface area contributed by atoms with E-state index in [-0.39, 0.29) is 0 Å². The molecule has 0 amide bonds. The Kier molecular flexibility index (Phi) is 3.80. The highest BCUT2D eigenvalue weighted by molar-refractivity contribution is 5.85. The minimum Gasteiger partial charge on any atom is -0.490 e. The van der Waals surface area contributed by atoms with E-state index < -0.39 is 0 Å². The van der Waals surface area contributed by atoms with Crippen molar-refractivity contribution < 1.29 is 4.74 Å². The molecule has 2 heterocycles. The van der Waals surface area contributed by atoms with E-state index in [1.807, 2.05) is 30.3 Å². The van der Waals surface area contributed by atoms with Crippen molar-refractivity contribution in [3.8, 4) is 5.75 Å². The smallest absolute Gasteiger partial charge is 0.160 e. The predicted molar refractivity (Wildman–Crippen MR) is 88.4 cm³/mol. The SMILES string of the molecule is c1ccc(O[C@H]2CC[C@@H](Nc3ncnc4[nH]ncc34)CC2)cc1. The minimum atomic E-state index is 0.301. The molecule has 1 aromatic carbocycles. The van der Waals surface area contributed by atoms with E-state index in [0.717, 1.165) is 48.3 Å². The summed E-state index contributed by atoms with van der Waals surface area (Å²) in [5.41, 5.74) is 0.767. The highest BCUT2D eigenvalue weighted by Crippen LogP contribution is 2.27. The Labute approximate surface area is 134 Å². The lowest BCUT2D eigenvalue weighted by Gasteiger charge is -2.29. The summed E-state index contributed by atoms with van der Waals surface area (Å²) in [7, 11) is 0. The average Bonchev–Trinajstić information content (AvgIpc) is 3.07. The molecular weight excluding hydrogens is 290 g/mol. The van der Waals surface area contributed by atoms with E-state index in [2.05, 4.69) is 25.5 Å². The molecule has 0 saturated heterocycles. The second kappa shape index (κ2) is 6.24. The number of hydrogen-bond donors (Lipinski definition) is 2. The number of hydrogen-bond acceptors (Lipinski definition) is 5. The van der Waals surface area contributed by atoms with Crippen LogP contribution in [0.15, 0.2) is 42.9 Å². The van der Waals surface area contributed by atoms with Gasteiger partial charge in [-0.25, -0.2) is 9.97 Å². The van der Waals surface area contributed by atoms with E-state index in [1.165, 1.54) is 0 Å². The lowest BCUT2D eigenvalue weighted by atomic mass is 9.93. The van der Waals surface area contributed by atoms with Gasteiger partial charge in [-0.05, 0) is 37.8 Å². The molecule has 0 spiro atoms. The molecule has 23 heavy (non-hydrogen) atoms. The van der Waals surface area contributed by atoms with Crippen LogP contribution in [0.2, 0.25) is 0 Å². The van der Waals surface area contributed by atoms with Crippen LogP contribution < -0.4 is 10.1 Å². The number of fused-ring (bicyclic) bond motifs is 1. The van der Waals surface area contributed by atoms with Gasteiger partial charge in [0, 0.05) is 6.04 Å². The maximum atomic E-state index is 6.04. The van der Waals surface area contributed by atoms with Crippen molar-refractivity contribution in [2.75, 3.05) is 5.32 Å². The fraction of sp³-hybridized carbons (Fsp3) is 0.353. The fourth-order valence-electron chi connectivity index (χ4n) is 3.09. The first-order valence-electron chi connectivity index (χ1n) is 8.01. The summed E-state index contributed by atoms with van der Waals surface area (Å²) in [4.78, 5) is 8.51. The molecule has 0 atom stereocenters. The molecule has 2 N–H and O–H groups in total. The number of nitrogens with one attached hydrogen (secondary N) is 2. The number of para-hydroxylation sites is 1. The Morgan fingerprint density at radius 1 is 1.04 bits per heavy atom. The van der Waals surface area contributed by atoms with Gasteiger partial charge in [0.1, 0.15) is 17.9 Å². The monoisotopic (exact) mass is 309 g/mol. The Balaban J connectivity index is 1.36. The molecule has 1 aliphatic carbocycles. The number of H-pyrrole nitrogens is 1. The summed E-state index contributed by atoms with van der Waals surface area (Å²) in [6, 6.07) is 10.5. The molecule has 1 aliphatic rings. The third-order valence-corrected chi connectivity index (χ3v) is 4.31. The van der Waals surface area contributed by atoms with Crippen molar-refractivity contribution in [1.82, 2.24) is 20.2 Å². The predicted octanol–water partition coefficient (Wildman–Crippen LogP) is 3.16. The number of aromatic amines is 1. The van der Waals surface area contributed by atoms with Gasteiger partial charge >= 0.3 is 0 Å². The molecule has 2 aromatic heterocycles. The van der Waals surface area contributed by atoms with E-state index in [1.54, 1.807) is 12.5 Å². The van der Waals surface area contributed by atoms with Crippen LogP contribution in [0.4, 0.5) is 5.82 Å². The molecular formula is C17H19N5O. The number of benzene rings is 1. The maximum Gasteiger partial charge on any atom is 0.160 e. The zero-order valence-corrected chi connectivity index (χ0v) is 12.8. The van der Waals surface area contributed by atoms with Gasteiger partial charge in [-0.3, -0.25) is 5.10 Å². The van der Waals surface area contributed by atoms with E-state index in [0.29, 0.717) is 12.1 Å². The van der Waals surface area contributed by atoms with Gasteiger partial charge in [-0.2, -0.15) is 5.10 Å². The van der Waals surface area contributed by atoms with Crippen LogP contribution in [-0.4, -0.2) is 32.3 Å². The molecule has 118 valence electrons. The lowest BCUT2D eigenvalue weighted by molar-refractivity contribution is 0.150. The van der Waals surface area contributed by atoms with Gasteiger partial charge in [-0.15, -0.1) is 0 Å². The Morgan fingerprint density at radius 3 is 2.70 bits per heavy atom. The summed E-state index contributed by atoms with van der Waals surface area (Å²) in [5.74, 6) is 1.82. The number of nitrogens with zero attached hydrogens (tertiary/aromatic N) is 3. The molecule has 1 saturated carbocycles. The number of ether oxygens (including phenoxy) is 1. The third kappa shape index (κ3) is 3.11. The molecule has 0 bridgehead atoms. The topological polar surface area (TPSA) is 75.7 Å². The van der Waals surface area contributed by atoms with E-state index >= 15 is 0 Å². The molecule has 3 aromatic rings. The second-order valence-electron chi connectivity index (χ2n) is 5.90. The first kappa shape index (κ1) is 14.0. The van der Waals surface area contributed by atoms with Crippen LogP contribution in [0.5, 0.6) is 5.75 Å². The molecule has 6 nitrogen and oxygen atoms in total. The molecule has 6 heteroatoms. The van der Waals surface area contributed by atoms with E-state index in [4.69, 9.17) is 4.74 Å².